The summed E-state index contributed by atoms with van der Waals surface area (Å²) in [6, 6.07) is 11.2. The number of benzene rings is 2. The zero-order valence-electron chi connectivity index (χ0n) is 18.1. The zero-order chi connectivity index (χ0) is 24.2. The van der Waals surface area contributed by atoms with E-state index in [-0.39, 0.29) is 22.7 Å². The lowest BCUT2D eigenvalue weighted by atomic mass is 9.98. The van der Waals surface area contributed by atoms with Crippen LogP contribution >= 0.6 is 11.6 Å². The SMILES string of the molecule is Cc1ccc(-c2cnc3ccc(C(=O)c4c(F)ccc(CCCN[SH](=O)=O)c4Cl)cc3n2)cn1. The number of aromatic nitrogens is 3. The number of hydrogen-bond donors (Lipinski definition) is 2. The van der Waals surface area contributed by atoms with Crippen LogP contribution in [0.3, 0.4) is 0 Å². The van der Waals surface area contributed by atoms with Crippen molar-refractivity contribution in [3.8, 4) is 11.3 Å². The molecular formula is C24H20ClFN4O3S. The van der Waals surface area contributed by atoms with Gasteiger partial charge in [0.1, 0.15) is 5.82 Å². The maximum absolute atomic E-state index is 14.7. The molecule has 0 fully saturated rings. The zero-order valence-corrected chi connectivity index (χ0v) is 19.7. The molecule has 7 nitrogen and oxygen atoms in total. The van der Waals surface area contributed by atoms with Gasteiger partial charge in [-0.2, -0.15) is 0 Å². The van der Waals surface area contributed by atoms with Gasteiger partial charge in [-0.25, -0.2) is 22.5 Å². The molecule has 2 aromatic heterocycles. The summed E-state index contributed by atoms with van der Waals surface area (Å²) >= 11 is 6.40. The van der Waals surface area contributed by atoms with Crippen LogP contribution in [-0.4, -0.2) is 35.7 Å². The van der Waals surface area contributed by atoms with Crippen LogP contribution in [0.1, 0.15) is 33.6 Å². The molecule has 0 amide bonds. The molecule has 0 unspecified atom stereocenters. The Bertz CT molecular complexity index is 1450. The van der Waals surface area contributed by atoms with Crippen LogP contribution in [0.25, 0.3) is 22.3 Å². The van der Waals surface area contributed by atoms with Crippen molar-refractivity contribution in [2.75, 3.05) is 6.54 Å². The highest BCUT2D eigenvalue weighted by molar-refractivity contribution is 7.70. The van der Waals surface area contributed by atoms with Crippen molar-refractivity contribution < 1.29 is 17.6 Å². The molecular weight excluding hydrogens is 479 g/mol. The highest BCUT2D eigenvalue weighted by Gasteiger charge is 2.21. The predicted molar refractivity (Wildman–Crippen MR) is 129 cm³/mol. The molecule has 0 saturated heterocycles. The topological polar surface area (TPSA) is 102 Å². The Hall–Kier alpha value is -3.27. The van der Waals surface area contributed by atoms with Crippen LogP contribution in [0.4, 0.5) is 4.39 Å². The fraction of sp³-hybridized carbons (Fsp3) is 0.167. The summed E-state index contributed by atoms with van der Waals surface area (Å²) in [7, 11) is -2.69. The number of ketones is 1. The number of carbonyl (C=O) groups excluding carboxylic acids is 1. The van der Waals surface area contributed by atoms with E-state index < -0.39 is 22.5 Å². The van der Waals surface area contributed by atoms with Gasteiger partial charge in [0.15, 0.2) is 5.78 Å². The van der Waals surface area contributed by atoms with Crippen molar-refractivity contribution in [2.24, 2.45) is 0 Å². The van der Waals surface area contributed by atoms with Gasteiger partial charge in [0.05, 0.1) is 33.5 Å². The molecule has 0 atom stereocenters. The summed E-state index contributed by atoms with van der Waals surface area (Å²) in [6.07, 6.45) is 4.16. The van der Waals surface area contributed by atoms with Gasteiger partial charge in [-0.3, -0.25) is 14.8 Å². The van der Waals surface area contributed by atoms with E-state index in [1.54, 1.807) is 30.6 Å². The molecule has 1 N–H and O–H groups in total. The summed E-state index contributed by atoms with van der Waals surface area (Å²) < 4.78 is 38.2. The average molecular weight is 499 g/mol. The normalized spacial score (nSPS) is 11.3. The van der Waals surface area contributed by atoms with Crippen molar-refractivity contribution >= 4 is 39.3 Å². The number of nitrogens with zero attached hydrogens (tertiary/aromatic N) is 3. The lowest BCUT2D eigenvalue weighted by Crippen LogP contribution is -2.13. The number of pyridine rings is 1. The molecule has 0 spiro atoms. The second-order valence-electron chi connectivity index (χ2n) is 7.64. The second kappa shape index (κ2) is 10.3. The molecule has 0 aliphatic rings. The van der Waals surface area contributed by atoms with Gasteiger partial charge >= 0.3 is 0 Å². The van der Waals surface area contributed by atoms with E-state index in [2.05, 4.69) is 19.7 Å². The van der Waals surface area contributed by atoms with Gasteiger partial charge in [0, 0.05) is 29.6 Å². The quantitative estimate of drug-likeness (QED) is 0.216. The number of thiol groups is 1. The van der Waals surface area contributed by atoms with Crippen LogP contribution in [0.15, 0.2) is 54.9 Å². The Labute approximate surface area is 202 Å². The first kappa shape index (κ1) is 23.9. The third-order valence-electron chi connectivity index (χ3n) is 5.27. The number of hydrogen-bond acceptors (Lipinski definition) is 6. The number of aryl methyl sites for hydroxylation is 2. The molecule has 4 aromatic rings. The summed E-state index contributed by atoms with van der Waals surface area (Å²) in [5.41, 5.74) is 3.89. The Kier molecular flexibility index (Phi) is 7.26. The molecule has 0 radical (unpaired) electrons. The monoisotopic (exact) mass is 498 g/mol. The number of carbonyl (C=O) groups is 1. The molecule has 0 aliphatic carbocycles. The summed E-state index contributed by atoms with van der Waals surface area (Å²) in [6.45, 7) is 2.11. The van der Waals surface area contributed by atoms with E-state index in [9.17, 15) is 17.6 Å². The van der Waals surface area contributed by atoms with Gasteiger partial charge in [-0.15, -0.1) is 0 Å². The summed E-state index contributed by atoms with van der Waals surface area (Å²) in [5.74, 6) is -1.30. The lowest BCUT2D eigenvalue weighted by Gasteiger charge is -2.11. The maximum Gasteiger partial charge on any atom is 0.201 e. The van der Waals surface area contributed by atoms with Gasteiger partial charge < -0.3 is 0 Å². The largest absolute Gasteiger partial charge is 0.288 e. The fourth-order valence-electron chi connectivity index (χ4n) is 3.50. The maximum atomic E-state index is 14.7. The molecule has 2 heterocycles. The molecule has 0 bridgehead atoms. The molecule has 174 valence electrons. The first-order valence-corrected chi connectivity index (χ1v) is 12.0. The smallest absolute Gasteiger partial charge is 0.201 e. The van der Waals surface area contributed by atoms with Crippen LogP contribution in [0, 0.1) is 12.7 Å². The van der Waals surface area contributed by atoms with E-state index in [1.165, 1.54) is 12.1 Å². The van der Waals surface area contributed by atoms with E-state index in [0.29, 0.717) is 35.1 Å². The van der Waals surface area contributed by atoms with E-state index in [4.69, 9.17) is 11.6 Å². The van der Waals surface area contributed by atoms with E-state index in [0.717, 1.165) is 11.3 Å². The first-order chi connectivity index (χ1) is 16.3. The van der Waals surface area contributed by atoms with Crippen molar-refractivity contribution in [2.45, 2.75) is 19.8 Å². The minimum absolute atomic E-state index is 0.0159. The molecule has 2 aromatic carbocycles. The summed E-state index contributed by atoms with van der Waals surface area (Å²) in [4.78, 5) is 26.5. The van der Waals surface area contributed by atoms with Crippen LogP contribution in [0.2, 0.25) is 5.02 Å². The predicted octanol–water partition coefficient (Wildman–Crippen LogP) is 4.07. The fourth-order valence-corrected chi connectivity index (χ4v) is 4.18. The summed E-state index contributed by atoms with van der Waals surface area (Å²) in [5, 5.41) is 0.0159. The van der Waals surface area contributed by atoms with Gasteiger partial charge in [-0.1, -0.05) is 17.7 Å². The third-order valence-corrected chi connectivity index (χ3v) is 6.19. The van der Waals surface area contributed by atoms with Gasteiger partial charge in [0.2, 0.25) is 10.9 Å². The number of fused-ring (bicyclic) bond motifs is 1. The van der Waals surface area contributed by atoms with Crippen molar-refractivity contribution in [3.05, 3.63) is 88.1 Å². The molecule has 0 saturated carbocycles. The molecule has 10 heteroatoms. The van der Waals surface area contributed by atoms with Crippen LogP contribution < -0.4 is 4.72 Å². The van der Waals surface area contributed by atoms with Gasteiger partial charge in [0.25, 0.3) is 0 Å². The lowest BCUT2D eigenvalue weighted by molar-refractivity contribution is 0.103. The highest BCUT2D eigenvalue weighted by atomic mass is 35.5. The minimum atomic E-state index is -2.69. The first-order valence-electron chi connectivity index (χ1n) is 10.4. The standard InChI is InChI=1S/C24H20ClFN4O3S/c1-14-4-5-17(12-27-14)21-13-28-19-9-7-16(11-20(19)30-21)24(31)22-18(26)8-6-15(23(22)25)3-2-10-29-34(32)33/h4-9,11-13,34H,2-3,10H2,1H3,(H,29,32,33). The highest BCUT2D eigenvalue weighted by Crippen LogP contribution is 2.28. The number of halogens is 2. The average Bonchev–Trinajstić information content (AvgIpc) is 2.82. The third kappa shape index (κ3) is 5.27. The van der Waals surface area contributed by atoms with Crippen molar-refractivity contribution in [1.29, 1.82) is 0 Å². The Morgan fingerprint density at radius 3 is 2.62 bits per heavy atom. The van der Waals surface area contributed by atoms with Crippen LogP contribution in [0.5, 0.6) is 0 Å². The van der Waals surface area contributed by atoms with E-state index >= 15 is 0 Å². The second-order valence-corrected chi connectivity index (χ2v) is 8.85. The Balaban J connectivity index is 1.65. The Morgan fingerprint density at radius 1 is 1.06 bits per heavy atom. The molecule has 4 rings (SSSR count). The van der Waals surface area contributed by atoms with Crippen molar-refractivity contribution in [3.63, 3.8) is 0 Å². The molecule has 0 aliphatic heterocycles. The Morgan fingerprint density at radius 2 is 1.88 bits per heavy atom. The van der Waals surface area contributed by atoms with Crippen molar-refractivity contribution in [1.82, 2.24) is 19.7 Å². The minimum Gasteiger partial charge on any atom is -0.288 e. The van der Waals surface area contributed by atoms with Crippen LogP contribution in [-0.2, 0) is 17.3 Å². The van der Waals surface area contributed by atoms with Gasteiger partial charge in [-0.05, 0) is 61.7 Å². The molecule has 34 heavy (non-hydrogen) atoms. The van der Waals surface area contributed by atoms with E-state index in [1.807, 2.05) is 19.1 Å². The number of nitrogens with one attached hydrogen (secondary N) is 1. The number of rotatable bonds is 8.